The summed E-state index contributed by atoms with van der Waals surface area (Å²) in [5, 5.41) is 4.65. The van der Waals surface area contributed by atoms with Crippen molar-refractivity contribution in [1.82, 2.24) is 0 Å². The molecule has 3 aromatic carbocycles. The number of ether oxygens (including phenoxy) is 2. The van der Waals surface area contributed by atoms with Gasteiger partial charge in [-0.25, -0.2) is 0 Å². The van der Waals surface area contributed by atoms with Crippen molar-refractivity contribution >= 4 is 34.0 Å². The highest BCUT2D eigenvalue weighted by atomic mass is 16.6. The molecular weight excluding hydrogens is 356 g/mol. The SMILES string of the molecule is CCN1C(=O)c2cccc3c(NC(=O)C4COc5ccccc5O4)ccc1c23. The monoisotopic (exact) mass is 374 g/mol. The lowest BCUT2D eigenvalue weighted by Crippen LogP contribution is -2.40. The molecule has 0 saturated carbocycles. The van der Waals surface area contributed by atoms with E-state index in [1.807, 2.05) is 55.5 Å². The lowest BCUT2D eigenvalue weighted by atomic mass is 10.0. The Labute approximate surface area is 161 Å². The van der Waals surface area contributed by atoms with Crippen LogP contribution in [0.2, 0.25) is 0 Å². The highest BCUT2D eigenvalue weighted by molar-refractivity contribution is 6.27. The number of carbonyl (C=O) groups excluding carboxylic acids is 2. The van der Waals surface area contributed by atoms with Crippen LogP contribution in [0.4, 0.5) is 11.4 Å². The minimum atomic E-state index is -0.744. The van der Waals surface area contributed by atoms with Gasteiger partial charge in [-0.2, -0.15) is 0 Å². The highest BCUT2D eigenvalue weighted by Crippen LogP contribution is 2.40. The molecule has 0 fully saturated rings. The Balaban J connectivity index is 1.46. The summed E-state index contributed by atoms with van der Waals surface area (Å²) >= 11 is 0. The van der Waals surface area contributed by atoms with E-state index in [1.165, 1.54) is 0 Å². The van der Waals surface area contributed by atoms with Crippen molar-refractivity contribution in [3.05, 3.63) is 60.2 Å². The number of nitrogens with zero attached hydrogens (tertiary/aromatic N) is 1. The van der Waals surface area contributed by atoms with Gasteiger partial charge in [-0.05, 0) is 37.3 Å². The molecule has 140 valence electrons. The molecule has 0 radical (unpaired) electrons. The predicted molar refractivity (Wildman–Crippen MR) is 106 cm³/mol. The fourth-order valence-electron chi connectivity index (χ4n) is 3.83. The summed E-state index contributed by atoms with van der Waals surface area (Å²) in [6.07, 6.45) is -0.744. The van der Waals surface area contributed by atoms with Crippen LogP contribution in [0, 0.1) is 0 Å². The van der Waals surface area contributed by atoms with E-state index in [-0.39, 0.29) is 18.4 Å². The molecule has 6 nitrogen and oxygen atoms in total. The van der Waals surface area contributed by atoms with Crippen molar-refractivity contribution in [3.63, 3.8) is 0 Å². The number of benzene rings is 3. The van der Waals surface area contributed by atoms with E-state index in [2.05, 4.69) is 5.32 Å². The second-order valence-corrected chi connectivity index (χ2v) is 6.76. The van der Waals surface area contributed by atoms with Gasteiger partial charge in [0, 0.05) is 28.6 Å². The molecule has 1 atom stereocenters. The van der Waals surface area contributed by atoms with E-state index < -0.39 is 6.10 Å². The van der Waals surface area contributed by atoms with E-state index in [1.54, 1.807) is 11.0 Å². The van der Waals surface area contributed by atoms with Gasteiger partial charge in [-0.15, -0.1) is 0 Å². The predicted octanol–water partition coefficient (Wildman–Crippen LogP) is 3.60. The molecule has 1 N–H and O–H groups in total. The largest absolute Gasteiger partial charge is 0.485 e. The van der Waals surface area contributed by atoms with Crippen LogP contribution in [0.15, 0.2) is 54.6 Å². The molecule has 2 amide bonds. The first-order valence-corrected chi connectivity index (χ1v) is 9.24. The van der Waals surface area contributed by atoms with E-state index in [0.29, 0.717) is 29.3 Å². The van der Waals surface area contributed by atoms with Crippen molar-refractivity contribution in [2.24, 2.45) is 0 Å². The van der Waals surface area contributed by atoms with Gasteiger partial charge in [-0.1, -0.05) is 24.3 Å². The zero-order valence-electron chi connectivity index (χ0n) is 15.3. The first-order valence-electron chi connectivity index (χ1n) is 9.24. The number of hydrogen-bond donors (Lipinski definition) is 1. The maximum Gasteiger partial charge on any atom is 0.269 e. The Morgan fingerprint density at radius 3 is 2.75 bits per heavy atom. The Hall–Kier alpha value is -3.54. The molecule has 2 heterocycles. The van der Waals surface area contributed by atoms with Gasteiger partial charge in [0.2, 0.25) is 6.10 Å². The minimum absolute atomic E-state index is 0.00722. The van der Waals surface area contributed by atoms with E-state index in [0.717, 1.165) is 16.5 Å². The van der Waals surface area contributed by atoms with Crippen molar-refractivity contribution in [2.75, 3.05) is 23.4 Å². The standard InChI is InChI=1S/C22H18N2O4/c1-2-24-16-11-10-15(13-6-5-7-14(20(13)16)22(24)26)23-21(25)19-12-27-17-8-3-4-9-18(17)28-19/h3-11,19H,2,12H2,1H3,(H,23,25). The molecule has 0 saturated heterocycles. The van der Waals surface area contributed by atoms with Crippen LogP contribution in [0.5, 0.6) is 11.5 Å². The second kappa shape index (κ2) is 6.27. The molecule has 2 aliphatic rings. The number of anilines is 2. The number of carbonyl (C=O) groups is 2. The molecule has 0 bridgehead atoms. The van der Waals surface area contributed by atoms with Gasteiger partial charge >= 0.3 is 0 Å². The molecule has 6 heteroatoms. The zero-order valence-corrected chi connectivity index (χ0v) is 15.3. The van der Waals surface area contributed by atoms with Crippen LogP contribution in [-0.4, -0.2) is 31.1 Å². The number of nitrogens with one attached hydrogen (secondary N) is 1. The molecule has 3 aromatic rings. The van der Waals surface area contributed by atoms with E-state index >= 15 is 0 Å². The van der Waals surface area contributed by atoms with Gasteiger partial charge in [-0.3, -0.25) is 9.59 Å². The van der Waals surface area contributed by atoms with Gasteiger partial charge in [0.1, 0.15) is 6.61 Å². The first-order chi connectivity index (χ1) is 13.7. The highest BCUT2D eigenvalue weighted by Gasteiger charge is 2.31. The van der Waals surface area contributed by atoms with E-state index in [9.17, 15) is 9.59 Å². The van der Waals surface area contributed by atoms with Gasteiger partial charge in [0.15, 0.2) is 11.5 Å². The van der Waals surface area contributed by atoms with Crippen molar-refractivity contribution in [3.8, 4) is 11.5 Å². The van der Waals surface area contributed by atoms with Crippen LogP contribution in [0.3, 0.4) is 0 Å². The topological polar surface area (TPSA) is 67.9 Å². The van der Waals surface area contributed by atoms with Crippen LogP contribution in [0.25, 0.3) is 10.8 Å². The molecule has 0 aromatic heterocycles. The third-order valence-electron chi connectivity index (χ3n) is 5.16. The van der Waals surface area contributed by atoms with E-state index in [4.69, 9.17) is 9.47 Å². The number of para-hydroxylation sites is 2. The summed E-state index contributed by atoms with van der Waals surface area (Å²) in [5.74, 6) is 0.896. The number of fused-ring (bicyclic) bond motifs is 1. The molecule has 0 spiro atoms. The third-order valence-corrected chi connectivity index (χ3v) is 5.16. The zero-order chi connectivity index (χ0) is 19.3. The summed E-state index contributed by atoms with van der Waals surface area (Å²) in [4.78, 5) is 27.2. The maximum atomic E-state index is 12.8. The van der Waals surface area contributed by atoms with Crippen LogP contribution >= 0.6 is 0 Å². The molecule has 0 aliphatic carbocycles. The average molecular weight is 374 g/mol. The second-order valence-electron chi connectivity index (χ2n) is 6.76. The number of amides is 2. The first kappa shape index (κ1) is 16.6. The van der Waals surface area contributed by atoms with Gasteiger partial charge in [0.05, 0.1) is 5.69 Å². The normalized spacial score (nSPS) is 17.1. The van der Waals surface area contributed by atoms with Gasteiger partial charge < -0.3 is 19.7 Å². The van der Waals surface area contributed by atoms with Crippen molar-refractivity contribution < 1.29 is 19.1 Å². The summed E-state index contributed by atoms with van der Waals surface area (Å²) in [6, 6.07) is 16.6. The minimum Gasteiger partial charge on any atom is -0.485 e. The maximum absolute atomic E-state index is 12.8. The summed E-state index contributed by atoms with van der Waals surface area (Å²) in [7, 11) is 0. The molecule has 1 unspecified atom stereocenters. The molecule has 28 heavy (non-hydrogen) atoms. The lowest BCUT2D eigenvalue weighted by molar-refractivity contribution is -0.125. The van der Waals surface area contributed by atoms with Crippen LogP contribution in [-0.2, 0) is 4.79 Å². The van der Waals surface area contributed by atoms with Gasteiger partial charge in [0.25, 0.3) is 11.8 Å². The quantitative estimate of drug-likeness (QED) is 0.761. The lowest BCUT2D eigenvalue weighted by Gasteiger charge is -2.25. The van der Waals surface area contributed by atoms with Crippen molar-refractivity contribution in [1.29, 1.82) is 0 Å². The average Bonchev–Trinajstić information content (AvgIpc) is 3.02. The fraction of sp³-hybridized carbons (Fsp3) is 0.182. The summed E-state index contributed by atoms with van der Waals surface area (Å²) < 4.78 is 11.4. The number of rotatable bonds is 3. The summed E-state index contributed by atoms with van der Waals surface area (Å²) in [6.45, 7) is 2.69. The Morgan fingerprint density at radius 2 is 1.93 bits per heavy atom. The summed E-state index contributed by atoms with van der Waals surface area (Å²) in [5.41, 5.74) is 2.19. The fourth-order valence-corrected chi connectivity index (χ4v) is 3.83. The van der Waals surface area contributed by atoms with Crippen LogP contribution < -0.4 is 19.7 Å². The molecule has 5 rings (SSSR count). The molecule has 2 aliphatic heterocycles. The smallest absolute Gasteiger partial charge is 0.269 e. The molecular formula is C22H18N2O4. The Kier molecular flexibility index (Phi) is 3.72. The Morgan fingerprint density at radius 1 is 1.11 bits per heavy atom. The van der Waals surface area contributed by atoms with Crippen molar-refractivity contribution in [2.45, 2.75) is 13.0 Å². The Bertz CT molecular complexity index is 1120. The number of hydrogen-bond acceptors (Lipinski definition) is 4. The van der Waals surface area contributed by atoms with Crippen LogP contribution in [0.1, 0.15) is 17.3 Å². The third kappa shape index (κ3) is 2.41.